The minimum atomic E-state index is 1.18. The van der Waals surface area contributed by atoms with E-state index < -0.39 is 0 Å². The third kappa shape index (κ3) is 1.16. The lowest BCUT2D eigenvalue weighted by molar-refractivity contribution is 0.968. The number of fused-ring (bicyclic) bond motifs is 3. The van der Waals surface area contributed by atoms with Gasteiger partial charge < -0.3 is 0 Å². The highest BCUT2D eigenvalue weighted by Gasteiger charge is 2.28. The van der Waals surface area contributed by atoms with Crippen molar-refractivity contribution < 1.29 is 0 Å². The summed E-state index contributed by atoms with van der Waals surface area (Å²) in [5.74, 6) is 0. The summed E-state index contributed by atoms with van der Waals surface area (Å²) in [6, 6.07) is 11.4. The normalized spacial score (nSPS) is 15.1. The molecule has 0 amide bonds. The molecule has 88 valence electrons. The second kappa shape index (κ2) is 3.35. The number of rotatable bonds is 0. The second-order valence-electron chi connectivity index (χ2n) is 5.49. The minimum absolute atomic E-state index is 1.18. The van der Waals surface area contributed by atoms with Gasteiger partial charge in [0.05, 0.1) is 0 Å². The molecule has 0 atom stereocenters. The van der Waals surface area contributed by atoms with E-state index in [4.69, 9.17) is 0 Å². The maximum absolute atomic E-state index is 2.43. The summed E-state index contributed by atoms with van der Waals surface area (Å²) < 4.78 is 0. The summed E-state index contributed by atoms with van der Waals surface area (Å²) >= 11 is 0. The van der Waals surface area contributed by atoms with Crippen molar-refractivity contribution in [2.24, 2.45) is 0 Å². The van der Waals surface area contributed by atoms with Gasteiger partial charge in [0.25, 0.3) is 0 Å². The van der Waals surface area contributed by atoms with Crippen LogP contribution in [0.3, 0.4) is 0 Å². The third-order valence-electron chi connectivity index (χ3n) is 4.31. The van der Waals surface area contributed by atoms with Crippen molar-refractivity contribution in [3.8, 4) is 11.1 Å². The molecule has 0 aromatic heterocycles. The van der Waals surface area contributed by atoms with E-state index in [1.165, 1.54) is 51.8 Å². The van der Waals surface area contributed by atoms with Gasteiger partial charge in [0.2, 0.25) is 0 Å². The van der Waals surface area contributed by atoms with Gasteiger partial charge in [0.1, 0.15) is 0 Å². The summed E-state index contributed by atoms with van der Waals surface area (Å²) in [7, 11) is 0. The van der Waals surface area contributed by atoms with Crippen molar-refractivity contribution in [3.63, 3.8) is 0 Å². The Bertz CT molecular complexity index is 702. The predicted molar refractivity (Wildman–Crippen MR) is 76.8 cm³/mol. The van der Waals surface area contributed by atoms with Gasteiger partial charge in [-0.2, -0.15) is 0 Å². The van der Waals surface area contributed by atoms with Gasteiger partial charge in [0.15, 0.2) is 0 Å². The van der Waals surface area contributed by atoms with E-state index in [1.54, 1.807) is 5.56 Å². The van der Waals surface area contributed by atoms with Crippen molar-refractivity contribution in [1.82, 2.24) is 0 Å². The average Bonchev–Trinajstić information content (AvgIpc) is 2.69. The summed E-state index contributed by atoms with van der Waals surface area (Å²) in [6.07, 6.45) is 4.81. The molecule has 0 saturated carbocycles. The molecule has 2 aromatic carbocycles. The topological polar surface area (TPSA) is 0 Å². The van der Waals surface area contributed by atoms with Crippen LogP contribution in [0.5, 0.6) is 0 Å². The first kappa shape index (κ1) is 10.1. The van der Waals surface area contributed by atoms with E-state index in [9.17, 15) is 0 Å². The van der Waals surface area contributed by atoms with Crippen LogP contribution in [0.2, 0.25) is 0 Å². The molecule has 0 bridgehead atoms. The Morgan fingerprint density at radius 3 is 2.61 bits per heavy atom. The molecule has 0 saturated heterocycles. The molecule has 2 aliphatic rings. The standard InChI is InChI=1S/C18H16/c1-11-6-8-14-16-9-7-12(2)13-4-3-5-15(18(13)16)17(14)10-11/h5-10H,3-4H2,1-2H3. The van der Waals surface area contributed by atoms with Crippen LogP contribution < -0.4 is 0 Å². The van der Waals surface area contributed by atoms with Crippen molar-refractivity contribution in [1.29, 1.82) is 0 Å². The Hall–Kier alpha value is -1.82. The van der Waals surface area contributed by atoms with Crippen LogP contribution in [0.25, 0.3) is 16.7 Å². The highest BCUT2D eigenvalue weighted by atomic mass is 14.3. The first-order valence-corrected chi connectivity index (χ1v) is 6.70. The van der Waals surface area contributed by atoms with Crippen LogP contribution in [0.1, 0.15) is 34.2 Å². The third-order valence-corrected chi connectivity index (χ3v) is 4.31. The fraction of sp³-hybridized carbons (Fsp3) is 0.222. The predicted octanol–water partition coefficient (Wildman–Crippen LogP) is 4.66. The zero-order chi connectivity index (χ0) is 12.3. The van der Waals surface area contributed by atoms with Crippen LogP contribution in [-0.4, -0.2) is 0 Å². The lowest BCUT2D eigenvalue weighted by atomic mass is 9.87. The van der Waals surface area contributed by atoms with E-state index in [1.807, 2.05) is 0 Å². The number of allylic oxidation sites excluding steroid dienone is 1. The molecular formula is C18H16. The largest absolute Gasteiger partial charge is 0.0757 e. The van der Waals surface area contributed by atoms with E-state index in [0.717, 1.165) is 0 Å². The Morgan fingerprint density at radius 1 is 0.889 bits per heavy atom. The maximum Gasteiger partial charge on any atom is -0.00673 e. The van der Waals surface area contributed by atoms with Crippen LogP contribution in [0.15, 0.2) is 36.4 Å². The highest BCUT2D eigenvalue weighted by Crippen LogP contribution is 2.48. The number of hydrogen-bond donors (Lipinski definition) is 0. The molecule has 0 unspecified atom stereocenters. The number of benzene rings is 2. The summed E-state index contributed by atoms with van der Waals surface area (Å²) in [6.45, 7) is 4.42. The van der Waals surface area contributed by atoms with Gasteiger partial charge in [0, 0.05) is 0 Å². The molecule has 2 aromatic rings. The van der Waals surface area contributed by atoms with Gasteiger partial charge in [-0.1, -0.05) is 42.0 Å². The highest BCUT2D eigenvalue weighted by molar-refractivity contribution is 6.03. The smallest absolute Gasteiger partial charge is 0.00673 e. The minimum Gasteiger partial charge on any atom is -0.0757 e. The monoisotopic (exact) mass is 232 g/mol. The molecule has 0 spiro atoms. The molecular weight excluding hydrogens is 216 g/mol. The van der Waals surface area contributed by atoms with E-state index in [0.29, 0.717) is 0 Å². The van der Waals surface area contributed by atoms with Crippen molar-refractivity contribution in [2.45, 2.75) is 26.7 Å². The van der Waals surface area contributed by atoms with Gasteiger partial charge in [-0.05, 0) is 65.6 Å². The quantitative estimate of drug-likeness (QED) is 0.528. The molecule has 2 aliphatic carbocycles. The molecule has 4 rings (SSSR count). The van der Waals surface area contributed by atoms with Crippen LogP contribution >= 0.6 is 0 Å². The van der Waals surface area contributed by atoms with Crippen LogP contribution in [-0.2, 0) is 6.42 Å². The van der Waals surface area contributed by atoms with Crippen LogP contribution in [0, 0.1) is 13.8 Å². The lowest BCUT2D eigenvalue weighted by Gasteiger charge is -2.17. The zero-order valence-corrected chi connectivity index (χ0v) is 10.9. The van der Waals surface area contributed by atoms with Crippen molar-refractivity contribution in [2.75, 3.05) is 0 Å². The van der Waals surface area contributed by atoms with Gasteiger partial charge >= 0.3 is 0 Å². The SMILES string of the molecule is Cc1ccc2c(c1)C1=CCCc3c(C)ccc-2c31. The molecule has 0 heteroatoms. The molecule has 0 nitrogen and oxygen atoms in total. The van der Waals surface area contributed by atoms with E-state index in [-0.39, 0.29) is 0 Å². The van der Waals surface area contributed by atoms with Gasteiger partial charge in [-0.25, -0.2) is 0 Å². The second-order valence-corrected chi connectivity index (χ2v) is 5.49. The Labute approximate surface area is 108 Å². The molecule has 0 N–H and O–H groups in total. The fourth-order valence-electron chi connectivity index (χ4n) is 3.43. The van der Waals surface area contributed by atoms with Crippen molar-refractivity contribution >= 4 is 5.57 Å². The summed E-state index contributed by atoms with van der Waals surface area (Å²) in [4.78, 5) is 0. The maximum atomic E-state index is 2.43. The number of aryl methyl sites for hydroxylation is 2. The van der Waals surface area contributed by atoms with E-state index in [2.05, 4.69) is 50.3 Å². The molecule has 0 fully saturated rings. The summed E-state index contributed by atoms with van der Waals surface area (Å²) in [5.41, 5.74) is 11.7. The Balaban J connectivity index is 2.14. The fourth-order valence-corrected chi connectivity index (χ4v) is 3.43. The van der Waals surface area contributed by atoms with Gasteiger partial charge in [-0.15, -0.1) is 0 Å². The molecule has 0 aliphatic heterocycles. The van der Waals surface area contributed by atoms with Crippen molar-refractivity contribution in [3.05, 3.63) is 64.2 Å². The lowest BCUT2D eigenvalue weighted by Crippen LogP contribution is -2.00. The van der Waals surface area contributed by atoms with Crippen LogP contribution in [0.4, 0.5) is 0 Å². The first-order chi connectivity index (χ1) is 8.75. The zero-order valence-electron chi connectivity index (χ0n) is 10.9. The Morgan fingerprint density at radius 2 is 1.72 bits per heavy atom. The molecule has 18 heavy (non-hydrogen) atoms. The number of hydrogen-bond acceptors (Lipinski definition) is 0. The molecule has 0 heterocycles. The Kier molecular flexibility index (Phi) is 1.89. The first-order valence-electron chi connectivity index (χ1n) is 6.70. The van der Waals surface area contributed by atoms with E-state index >= 15 is 0 Å². The molecule has 0 radical (unpaired) electrons. The average molecular weight is 232 g/mol. The van der Waals surface area contributed by atoms with Gasteiger partial charge in [-0.3, -0.25) is 0 Å². The summed E-state index contributed by atoms with van der Waals surface area (Å²) in [5, 5.41) is 0.